The molecular weight excluding hydrogens is 206 g/mol. The van der Waals surface area contributed by atoms with Crippen LogP contribution in [-0.2, 0) is 20.9 Å². The lowest BCUT2D eigenvalue weighted by Gasteiger charge is -2.14. The normalized spacial score (nSPS) is 16.8. The van der Waals surface area contributed by atoms with E-state index in [1.165, 1.54) is 7.11 Å². The van der Waals surface area contributed by atoms with Gasteiger partial charge in [0.1, 0.15) is 0 Å². The molecule has 0 saturated heterocycles. The summed E-state index contributed by atoms with van der Waals surface area (Å²) < 4.78 is 10.3. The molecule has 0 N–H and O–H groups in total. The molecule has 86 valence electrons. The summed E-state index contributed by atoms with van der Waals surface area (Å²) in [5, 5.41) is 0. The summed E-state index contributed by atoms with van der Waals surface area (Å²) in [4.78, 5) is 15.4. The Hall–Kier alpha value is -1.42. The Morgan fingerprint density at radius 2 is 2.19 bits per heavy atom. The molecule has 16 heavy (non-hydrogen) atoms. The van der Waals surface area contributed by atoms with Crippen LogP contribution in [0.2, 0.25) is 0 Å². The molecule has 0 amide bonds. The smallest absolute Gasteiger partial charge is 0.335 e. The van der Waals surface area contributed by atoms with Crippen LogP contribution in [-0.4, -0.2) is 24.2 Å². The number of aromatic nitrogens is 1. The number of carbonyl (C=O) groups is 1. The maximum absolute atomic E-state index is 11.5. The summed E-state index contributed by atoms with van der Waals surface area (Å²) in [6.45, 7) is 0.429. The van der Waals surface area contributed by atoms with Gasteiger partial charge in [0.05, 0.1) is 13.7 Å². The molecule has 4 heteroatoms. The van der Waals surface area contributed by atoms with Crippen LogP contribution >= 0.6 is 0 Å². The molecule has 1 fully saturated rings. The van der Waals surface area contributed by atoms with Crippen molar-refractivity contribution in [3.63, 3.8) is 0 Å². The van der Waals surface area contributed by atoms with Crippen molar-refractivity contribution in [3.8, 4) is 0 Å². The van der Waals surface area contributed by atoms with Gasteiger partial charge < -0.3 is 9.47 Å². The van der Waals surface area contributed by atoms with Crippen molar-refractivity contribution >= 4 is 5.97 Å². The first-order chi connectivity index (χ1) is 7.81. The molecule has 0 radical (unpaired) electrons. The van der Waals surface area contributed by atoms with Gasteiger partial charge >= 0.3 is 5.97 Å². The first-order valence-electron chi connectivity index (χ1n) is 5.39. The molecule has 1 aromatic heterocycles. The zero-order valence-electron chi connectivity index (χ0n) is 9.26. The van der Waals surface area contributed by atoms with Crippen molar-refractivity contribution < 1.29 is 14.3 Å². The average molecular weight is 221 g/mol. The fourth-order valence-electron chi connectivity index (χ4n) is 1.58. The van der Waals surface area contributed by atoms with Crippen LogP contribution in [0.3, 0.4) is 0 Å². The average Bonchev–Trinajstić information content (AvgIpc) is 3.15. The van der Waals surface area contributed by atoms with Gasteiger partial charge in [0.15, 0.2) is 6.10 Å². The summed E-state index contributed by atoms with van der Waals surface area (Å²) in [6, 6.07) is 3.75. The van der Waals surface area contributed by atoms with Crippen LogP contribution in [0.1, 0.15) is 18.4 Å². The number of rotatable bonds is 5. The highest BCUT2D eigenvalue weighted by Gasteiger charge is 2.37. The standard InChI is InChI=1S/C12H15NO3/c1-15-12(14)11(10-2-3-10)16-8-9-4-6-13-7-5-9/h4-7,10-11H,2-3,8H2,1H3. The SMILES string of the molecule is COC(=O)C(OCc1ccncc1)C1CC1. The van der Waals surface area contributed by atoms with Gasteiger partial charge in [0, 0.05) is 12.4 Å². The molecule has 2 rings (SSSR count). The van der Waals surface area contributed by atoms with E-state index < -0.39 is 6.10 Å². The number of nitrogens with zero attached hydrogens (tertiary/aromatic N) is 1. The quantitative estimate of drug-likeness (QED) is 0.708. The van der Waals surface area contributed by atoms with Crippen molar-refractivity contribution in [2.24, 2.45) is 5.92 Å². The van der Waals surface area contributed by atoms with Gasteiger partial charge in [0.25, 0.3) is 0 Å². The van der Waals surface area contributed by atoms with Gasteiger partial charge in [-0.05, 0) is 36.5 Å². The molecular formula is C12H15NO3. The number of ether oxygens (including phenoxy) is 2. The summed E-state index contributed by atoms with van der Waals surface area (Å²) in [6.07, 6.45) is 5.12. The third kappa shape index (κ3) is 2.79. The lowest BCUT2D eigenvalue weighted by molar-refractivity contribution is -0.156. The highest BCUT2D eigenvalue weighted by atomic mass is 16.6. The van der Waals surface area contributed by atoms with Crippen molar-refractivity contribution in [2.75, 3.05) is 7.11 Å². The van der Waals surface area contributed by atoms with Crippen molar-refractivity contribution in [1.29, 1.82) is 0 Å². The van der Waals surface area contributed by atoms with Crippen LogP contribution < -0.4 is 0 Å². The van der Waals surface area contributed by atoms with E-state index in [0.717, 1.165) is 18.4 Å². The molecule has 1 aliphatic rings. The summed E-state index contributed by atoms with van der Waals surface area (Å²) >= 11 is 0. The maximum atomic E-state index is 11.5. The minimum atomic E-state index is -0.404. The lowest BCUT2D eigenvalue weighted by Crippen LogP contribution is -2.27. The zero-order valence-corrected chi connectivity index (χ0v) is 9.26. The van der Waals surface area contributed by atoms with E-state index in [4.69, 9.17) is 9.47 Å². The monoisotopic (exact) mass is 221 g/mol. The van der Waals surface area contributed by atoms with Crippen molar-refractivity contribution in [3.05, 3.63) is 30.1 Å². The van der Waals surface area contributed by atoms with E-state index >= 15 is 0 Å². The van der Waals surface area contributed by atoms with Gasteiger partial charge in [-0.1, -0.05) is 0 Å². The second-order valence-corrected chi connectivity index (χ2v) is 3.95. The molecule has 0 aromatic carbocycles. The Labute approximate surface area is 94.6 Å². The predicted octanol–water partition coefficient (Wildman–Crippen LogP) is 1.55. The fourth-order valence-corrected chi connectivity index (χ4v) is 1.58. The number of pyridine rings is 1. The number of esters is 1. The van der Waals surface area contributed by atoms with Crippen LogP contribution in [0, 0.1) is 5.92 Å². The van der Waals surface area contributed by atoms with Gasteiger partial charge in [-0.3, -0.25) is 4.98 Å². The fraction of sp³-hybridized carbons (Fsp3) is 0.500. The van der Waals surface area contributed by atoms with Crippen LogP contribution in [0.5, 0.6) is 0 Å². The van der Waals surface area contributed by atoms with E-state index in [2.05, 4.69) is 4.98 Å². The Morgan fingerprint density at radius 3 is 2.75 bits per heavy atom. The van der Waals surface area contributed by atoms with E-state index in [9.17, 15) is 4.79 Å². The minimum absolute atomic E-state index is 0.267. The lowest BCUT2D eigenvalue weighted by atomic mass is 10.2. The van der Waals surface area contributed by atoms with Crippen LogP contribution in [0.15, 0.2) is 24.5 Å². The number of hydrogen-bond acceptors (Lipinski definition) is 4. The maximum Gasteiger partial charge on any atom is 0.335 e. The molecule has 1 atom stereocenters. The molecule has 1 aliphatic carbocycles. The molecule has 1 heterocycles. The number of methoxy groups -OCH3 is 1. The van der Waals surface area contributed by atoms with Gasteiger partial charge in [0.2, 0.25) is 0 Å². The molecule has 1 unspecified atom stereocenters. The van der Waals surface area contributed by atoms with E-state index in [0.29, 0.717) is 12.5 Å². The molecule has 0 bridgehead atoms. The first-order valence-corrected chi connectivity index (χ1v) is 5.39. The second kappa shape index (κ2) is 5.07. The summed E-state index contributed by atoms with van der Waals surface area (Å²) in [5.41, 5.74) is 1.02. The summed E-state index contributed by atoms with van der Waals surface area (Å²) in [7, 11) is 1.40. The van der Waals surface area contributed by atoms with E-state index in [-0.39, 0.29) is 5.97 Å². The largest absolute Gasteiger partial charge is 0.467 e. The van der Waals surface area contributed by atoms with Gasteiger partial charge in [-0.15, -0.1) is 0 Å². The van der Waals surface area contributed by atoms with Gasteiger partial charge in [-0.25, -0.2) is 4.79 Å². The van der Waals surface area contributed by atoms with Crippen molar-refractivity contribution in [1.82, 2.24) is 4.98 Å². The minimum Gasteiger partial charge on any atom is -0.467 e. The number of carbonyl (C=O) groups excluding carboxylic acids is 1. The van der Waals surface area contributed by atoms with Gasteiger partial charge in [-0.2, -0.15) is 0 Å². The highest BCUT2D eigenvalue weighted by molar-refractivity contribution is 5.75. The Balaban J connectivity index is 1.89. The van der Waals surface area contributed by atoms with Crippen molar-refractivity contribution in [2.45, 2.75) is 25.6 Å². The summed E-state index contributed by atoms with van der Waals surface area (Å²) in [5.74, 6) is 0.0749. The topological polar surface area (TPSA) is 48.4 Å². The van der Waals surface area contributed by atoms with Crippen LogP contribution in [0.25, 0.3) is 0 Å². The first kappa shape index (κ1) is 11.1. The Morgan fingerprint density at radius 1 is 1.50 bits per heavy atom. The second-order valence-electron chi connectivity index (χ2n) is 3.95. The van der Waals surface area contributed by atoms with E-state index in [1.54, 1.807) is 12.4 Å². The Bertz CT molecular complexity index is 349. The zero-order chi connectivity index (χ0) is 11.4. The molecule has 0 aliphatic heterocycles. The number of hydrogen-bond donors (Lipinski definition) is 0. The van der Waals surface area contributed by atoms with Crippen LogP contribution in [0.4, 0.5) is 0 Å². The molecule has 4 nitrogen and oxygen atoms in total. The Kier molecular flexibility index (Phi) is 3.51. The predicted molar refractivity (Wildman–Crippen MR) is 57.6 cm³/mol. The third-order valence-electron chi connectivity index (χ3n) is 2.66. The molecule has 0 spiro atoms. The molecule has 1 aromatic rings. The third-order valence-corrected chi connectivity index (χ3v) is 2.66. The molecule has 1 saturated carbocycles. The van der Waals surface area contributed by atoms with E-state index in [1.807, 2.05) is 12.1 Å². The highest BCUT2D eigenvalue weighted by Crippen LogP contribution is 2.35.